The van der Waals surface area contributed by atoms with Crippen LogP contribution in [0.3, 0.4) is 0 Å². The zero-order valence-electron chi connectivity index (χ0n) is 9.99. The summed E-state index contributed by atoms with van der Waals surface area (Å²) in [4.78, 5) is 1.96. The Bertz CT molecular complexity index is 417. The van der Waals surface area contributed by atoms with Gasteiger partial charge in [0.2, 0.25) is 0 Å². The van der Waals surface area contributed by atoms with E-state index in [4.69, 9.17) is 10.00 Å². The summed E-state index contributed by atoms with van der Waals surface area (Å²) in [5.41, 5.74) is 0.605. The quantitative estimate of drug-likeness (QED) is 0.782. The first-order valence-corrected chi connectivity index (χ1v) is 5.90. The molecule has 1 aromatic rings. The van der Waals surface area contributed by atoms with Gasteiger partial charge in [-0.3, -0.25) is 4.90 Å². The van der Waals surface area contributed by atoms with E-state index in [1.54, 1.807) is 24.3 Å². The number of aliphatic hydroxyl groups is 2. The molecule has 0 unspecified atom stereocenters. The van der Waals surface area contributed by atoms with Crippen LogP contribution in [0.15, 0.2) is 24.3 Å². The summed E-state index contributed by atoms with van der Waals surface area (Å²) >= 11 is 0. The predicted octanol–water partition coefficient (Wildman–Crippen LogP) is -0.0255. The van der Waals surface area contributed by atoms with Crippen LogP contribution in [0, 0.1) is 11.3 Å². The maximum Gasteiger partial charge on any atom is 0.119 e. The molecule has 1 heterocycles. The monoisotopic (exact) mass is 248 g/mol. The predicted molar refractivity (Wildman–Crippen MR) is 65.1 cm³/mol. The average molecular weight is 248 g/mol. The number of likely N-dealkylation sites (tertiary alicyclic amines) is 1. The smallest absolute Gasteiger partial charge is 0.119 e. The minimum Gasteiger partial charge on any atom is -0.492 e. The summed E-state index contributed by atoms with van der Waals surface area (Å²) in [6.45, 7) is 2.12. The van der Waals surface area contributed by atoms with Crippen LogP contribution in [-0.4, -0.2) is 53.6 Å². The first-order chi connectivity index (χ1) is 8.69. The molecule has 0 aromatic heterocycles. The van der Waals surface area contributed by atoms with Gasteiger partial charge in [0.1, 0.15) is 12.4 Å². The number of rotatable bonds is 4. The molecule has 2 N–H and O–H groups in total. The van der Waals surface area contributed by atoms with Crippen molar-refractivity contribution in [2.24, 2.45) is 0 Å². The van der Waals surface area contributed by atoms with Gasteiger partial charge >= 0.3 is 0 Å². The van der Waals surface area contributed by atoms with Crippen LogP contribution in [0.2, 0.25) is 0 Å². The summed E-state index contributed by atoms with van der Waals surface area (Å²) in [5, 5.41) is 27.4. The van der Waals surface area contributed by atoms with Gasteiger partial charge in [0.25, 0.3) is 0 Å². The van der Waals surface area contributed by atoms with Gasteiger partial charge in [0, 0.05) is 19.6 Å². The van der Waals surface area contributed by atoms with Crippen LogP contribution < -0.4 is 4.74 Å². The van der Waals surface area contributed by atoms with E-state index in [0.29, 0.717) is 37.6 Å². The molecule has 1 aliphatic heterocycles. The SMILES string of the molecule is N#Cc1ccc(OCCN2C[C@@H](O)[C@@H](O)C2)cc1. The van der Waals surface area contributed by atoms with Crippen molar-refractivity contribution in [2.75, 3.05) is 26.2 Å². The maximum absolute atomic E-state index is 9.38. The van der Waals surface area contributed by atoms with Gasteiger partial charge in [-0.2, -0.15) is 5.26 Å². The van der Waals surface area contributed by atoms with Gasteiger partial charge in [-0.1, -0.05) is 0 Å². The molecule has 1 fully saturated rings. The molecule has 0 spiro atoms. The third-order valence-corrected chi connectivity index (χ3v) is 2.99. The van der Waals surface area contributed by atoms with Gasteiger partial charge in [-0.25, -0.2) is 0 Å². The first kappa shape index (κ1) is 12.8. The second-order valence-electron chi connectivity index (χ2n) is 4.38. The molecule has 0 amide bonds. The number of hydrogen-bond acceptors (Lipinski definition) is 5. The van der Waals surface area contributed by atoms with Gasteiger partial charge in [-0.05, 0) is 24.3 Å². The van der Waals surface area contributed by atoms with E-state index in [9.17, 15) is 10.2 Å². The van der Waals surface area contributed by atoms with Crippen molar-refractivity contribution in [3.63, 3.8) is 0 Å². The fourth-order valence-corrected chi connectivity index (χ4v) is 1.95. The fraction of sp³-hybridized carbons (Fsp3) is 0.462. The van der Waals surface area contributed by atoms with Crippen molar-refractivity contribution >= 4 is 0 Å². The Morgan fingerprint density at radius 3 is 2.39 bits per heavy atom. The molecule has 2 rings (SSSR count). The lowest BCUT2D eigenvalue weighted by Crippen LogP contribution is -2.27. The number of benzene rings is 1. The normalized spacial score (nSPS) is 23.8. The molecule has 0 radical (unpaired) electrons. The largest absolute Gasteiger partial charge is 0.492 e. The van der Waals surface area contributed by atoms with E-state index in [1.165, 1.54) is 0 Å². The highest BCUT2D eigenvalue weighted by molar-refractivity contribution is 5.34. The maximum atomic E-state index is 9.38. The van der Waals surface area contributed by atoms with Crippen molar-refractivity contribution in [1.82, 2.24) is 4.90 Å². The minimum absolute atomic E-state index is 0.484. The average Bonchev–Trinajstić information content (AvgIpc) is 2.69. The highest BCUT2D eigenvalue weighted by Crippen LogP contribution is 2.13. The van der Waals surface area contributed by atoms with Crippen LogP contribution in [0.5, 0.6) is 5.75 Å². The third-order valence-electron chi connectivity index (χ3n) is 2.99. The molecule has 5 nitrogen and oxygen atoms in total. The van der Waals surface area contributed by atoms with Crippen molar-refractivity contribution in [3.05, 3.63) is 29.8 Å². The molecule has 0 aliphatic carbocycles. The Kier molecular flexibility index (Phi) is 4.15. The van der Waals surface area contributed by atoms with Crippen LogP contribution >= 0.6 is 0 Å². The Morgan fingerprint density at radius 2 is 1.83 bits per heavy atom. The molecule has 2 atom stereocenters. The molecule has 5 heteroatoms. The van der Waals surface area contributed by atoms with Crippen molar-refractivity contribution < 1.29 is 14.9 Å². The lowest BCUT2D eigenvalue weighted by molar-refractivity contribution is 0.0572. The highest BCUT2D eigenvalue weighted by atomic mass is 16.5. The van der Waals surface area contributed by atoms with E-state index >= 15 is 0 Å². The lowest BCUT2D eigenvalue weighted by Gasteiger charge is -2.15. The molecule has 0 bridgehead atoms. The van der Waals surface area contributed by atoms with E-state index in [1.807, 2.05) is 11.0 Å². The van der Waals surface area contributed by atoms with Gasteiger partial charge in [-0.15, -0.1) is 0 Å². The van der Waals surface area contributed by atoms with Gasteiger partial charge in [0.15, 0.2) is 0 Å². The molecule has 0 saturated carbocycles. The van der Waals surface area contributed by atoms with E-state index in [-0.39, 0.29) is 0 Å². The Morgan fingerprint density at radius 1 is 1.22 bits per heavy atom. The van der Waals surface area contributed by atoms with Crippen LogP contribution in [-0.2, 0) is 0 Å². The van der Waals surface area contributed by atoms with Crippen molar-refractivity contribution in [1.29, 1.82) is 5.26 Å². The number of hydrogen-bond donors (Lipinski definition) is 2. The Balaban J connectivity index is 1.74. The van der Waals surface area contributed by atoms with Crippen molar-refractivity contribution in [3.8, 4) is 11.8 Å². The molecule has 96 valence electrons. The minimum atomic E-state index is -0.653. The Labute approximate surface area is 106 Å². The number of ether oxygens (including phenoxy) is 1. The van der Waals surface area contributed by atoms with E-state index in [2.05, 4.69) is 0 Å². The fourth-order valence-electron chi connectivity index (χ4n) is 1.95. The van der Waals surface area contributed by atoms with Crippen LogP contribution in [0.4, 0.5) is 0 Å². The van der Waals surface area contributed by atoms with Crippen LogP contribution in [0.25, 0.3) is 0 Å². The number of nitriles is 1. The molecule has 18 heavy (non-hydrogen) atoms. The topological polar surface area (TPSA) is 76.7 Å². The number of nitrogens with zero attached hydrogens (tertiary/aromatic N) is 2. The molecule has 1 aliphatic rings. The number of β-amino-alcohol motifs (C(OH)–C–C–N with tert-alkyl or cyclic N) is 2. The third kappa shape index (κ3) is 3.20. The molecule has 1 aromatic carbocycles. The molecular formula is C13H16N2O3. The van der Waals surface area contributed by atoms with Crippen LogP contribution in [0.1, 0.15) is 5.56 Å². The van der Waals surface area contributed by atoms with Gasteiger partial charge in [0.05, 0.1) is 23.8 Å². The summed E-state index contributed by atoms with van der Waals surface area (Å²) < 4.78 is 5.52. The van der Waals surface area contributed by atoms with Gasteiger partial charge < -0.3 is 14.9 Å². The standard InChI is InChI=1S/C13H16N2O3/c14-7-10-1-3-11(4-2-10)18-6-5-15-8-12(16)13(17)9-15/h1-4,12-13,16-17H,5-6,8-9H2/t12-,13+. The molecule has 1 saturated heterocycles. The first-order valence-electron chi connectivity index (χ1n) is 5.90. The second kappa shape index (κ2) is 5.83. The molecular weight excluding hydrogens is 232 g/mol. The summed E-state index contributed by atoms with van der Waals surface area (Å²) in [6.07, 6.45) is -1.31. The summed E-state index contributed by atoms with van der Waals surface area (Å²) in [6, 6.07) is 8.97. The number of aliphatic hydroxyl groups excluding tert-OH is 2. The second-order valence-corrected chi connectivity index (χ2v) is 4.38. The van der Waals surface area contributed by atoms with E-state index in [0.717, 1.165) is 0 Å². The summed E-state index contributed by atoms with van der Waals surface area (Å²) in [7, 11) is 0. The zero-order chi connectivity index (χ0) is 13.0. The highest BCUT2D eigenvalue weighted by Gasteiger charge is 2.28. The van der Waals surface area contributed by atoms with E-state index < -0.39 is 12.2 Å². The lowest BCUT2D eigenvalue weighted by atomic mass is 10.2. The Hall–Kier alpha value is -1.61. The van der Waals surface area contributed by atoms with Crippen molar-refractivity contribution in [2.45, 2.75) is 12.2 Å². The summed E-state index contributed by atoms with van der Waals surface area (Å²) in [5.74, 6) is 0.717. The zero-order valence-corrected chi connectivity index (χ0v) is 9.99.